The molecule has 1 saturated heterocycles. The van der Waals surface area contributed by atoms with E-state index in [0.717, 1.165) is 37.0 Å². The Morgan fingerprint density at radius 1 is 1.43 bits per heavy atom. The molecule has 1 atom stereocenters. The lowest BCUT2D eigenvalue weighted by molar-refractivity contribution is -0.119. The number of nitrogens with one attached hydrogen (secondary N) is 1. The Bertz CT molecular complexity index is 619. The highest BCUT2D eigenvalue weighted by Crippen LogP contribution is 2.19. The number of aromatic nitrogens is 2. The van der Waals surface area contributed by atoms with E-state index in [4.69, 9.17) is 0 Å². The number of hydrogen-bond acceptors (Lipinski definition) is 6. The average molecular weight is 331 g/mol. The van der Waals surface area contributed by atoms with E-state index in [2.05, 4.69) is 20.2 Å². The van der Waals surface area contributed by atoms with Gasteiger partial charge in [-0.15, -0.1) is 11.3 Å². The number of amides is 1. The molecular weight excluding hydrogens is 310 g/mol. The van der Waals surface area contributed by atoms with Crippen LogP contribution < -0.4 is 10.2 Å². The first kappa shape index (κ1) is 15.9. The molecule has 1 aliphatic rings. The van der Waals surface area contributed by atoms with Crippen LogP contribution in [0.25, 0.3) is 0 Å². The zero-order valence-corrected chi connectivity index (χ0v) is 14.0. The molecule has 1 amide bonds. The van der Waals surface area contributed by atoms with Crippen molar-refractivity contribution in [2.75, 3.05) is 43.4 Å². The third-order valence-electron chi connectivity index (χ3n) is 4.05. The highest BCUT2D eigenvalue weighted by atomic mass is 32.1. The number of carbonyl (C=O) groups excluding carboxylic acids is 1. The van der Waals surface area contributed by atoms with Crippen LogP contribution in [0.1, 0.15) is 6.42 Å². The van der Waals surface area contributed by atoms with Gasteiger partial charge in [0.05, 0.1) is 6.54 Å². The standard InChI is InChI=1S/C16H21N5OS/c1-20(16-18-7-9-23-16)15(22)12-21-8-5-13(11-21)10-19-14-4-2-3-6-17-14/h2-4,6-7,9,13H,5,8,10-12H2,1H3,(H,17,19)/t13-/m0/s1. The van der Waals surface area contributed by atoms with Crippen molar-refractivity contribution in [2.24, 2.45) is 5.92 Å². The summed E-state index contributed by atoms with van der Waals surface area (Å²) < 4.78 is 0. The molecule has 1 aliphatic heterocycles. The second kappa shape index (κ2) is 7.52. The molecule has 122 valence electrons. The van der Waals surface area contributed by atoms with Crippen molar-refractivity contribution >= 4 is 28.2 Å². The zero-order valence-electron chi connectivity index (χ0n) is 13.2. The topological polar surface area (TPSA) is 61.4 Å². The SMILES string of the molecule is CN(C(=O)CN1CC[C@@H](CNc2ccccn2)C1)c1nccs1. The first-order valence-electron chi connectivity index (χ1n) is 7.75. The summed E-state index contributed by atoms with van der Waals surface area (Å²) in [6.45, 7) is 3.25. The van der Waals surface area contributed by atoms with Crippen LogP contribution in [0, 0.1) is 5.92 Å². The summed E-state index contributed by atoms with van der Waals surface area (Å²) >= 11 is 1.48. The van der Waals surface area contributed by atoms with E-state index >= 15 is 0 Å². The van der Waals surface area contributed by atoms with Gasteiger partial charge in [-0.05, 0) is 31.0 Å². The molecule has 7 heteroatoms. The van der Waals surface area contributed by atoms with Crippen molar-refractivity contribution in [3.63, 3.8) is 0 Å². The molecule has 0 radical (unpaired) electrons. The minimum absolute atomic E-state index is 0.0956. The van der Waals surface area contributed by atoms with Gasteiger partial charge in [-0.2, -0.15) is 0 Å². The van der Waals surface area contributed by atoms with E-state index in [-0.39, 0.29) is 5.91 Å². The van der Waals surface area contributed by atoms with Gasteiger partial charge >= 0.3 is 0 Å². The number of anilines is 2. The Hall–Kier alpha value is -1.99. The van der Waals surface area contributed by atoms with Gasteiger partial charge in [0.2, 0.25) is 5.91 Å². The first-order valence-corrected chi connectivity index (χ1v) is 8.63. The zero-order chi connectivity index (χ0) is 16.1. The third kappa shape index (κ3) is 4.27. The number of carbonyl (C=O) groups is 1. The number of hydrogen-bond donors (Lipinski definition) is 1. The van der Waals surface area contributed by atoms with Gasteiger partial charge in [0, 0.05) is 37.9 Å². The molecule has 0 aliphatic carbocycles. The Labute approximate surface area is 140 Å². The van der Waals surface area contributed by atoms with Crippen molar-refractivity contribution in [3.05, 3.63) is 36.0 Å². The van der Waals surface area contributed by atoms with Crippen molar-refractivity contribution in [3.8, 4) is 0 Å². The van der Waals surface area contributed by atoms with E-state index in [1.807, 2.05) is 23.6 Å². The minimum Gasteiger partial charge on any atom is -0.370 e. The van der Waals surface area contributed by atoms with Crippen LogP contribution in [0.2, 0.25) is 0 Å². The van der Waals surface area contributed by atoms with Gasteiger partial charge in [0.15, 0.2) is 5.13 Å². The Balaban J connectivity index is 1.43. The fraction of sp³-hybridized carbons (Fsp3) is 0.438. The van der Waals surface area contributed by atoms with Crippen LogP contribution in [0.3, 0.4) is 0 Å². The van der Waals surface area contributed by atoms with E-state index in [0.29, 0.717) is 12.5 Å². The molecule has 23 heavy (non-hydrogen) atoms. The number of pyridine rings is 1. The number of thiazole rings is 1. The van der Waals surface area contributed by atoms with E-state index in [1.165, 1.54) is 11.3 Å². The summed E-state index contributed by atoms with van der Waals surface area (Å²) in [6.07, 6.45) is 4.61. The van der Waals surface area contributed by atoms with Gasteiger partial charge < -0.3 is 5.32 Å². The van der Waals surface area contributed by atoms with Crippen LogP contribution in [0.15, 0.2) is 36.0 Å². The highest BCUT2D eigenvalue weighted by molar-refractivity contribution is 7.13. The largest absolute Gasteiger partial charge is 0.370 e. The maximum atomic E-state index is 12.3. The molecule has 3 heterocycles. The molecular formula is C16H21N5OS. The van der Waals surface area contributed by atoms with Gasteiger partial charge in [0.1, 0.15) is 5.82 Å². The molecule has 0 spiro atoms. The van der Waals surface area contributed by atoms with Crippen molar-refractivity contribution in [1.29, 1.82) is 0 Å². The average Bonchev–Trinajstić information content (AvgIpc) is 3.25. The first-order chi connectivity index (χ1) is 11.2. The monoisotopic (exact) mass is 331 g/mol. The number of likely N-dealkylation sites (N-methyl/N-ethyl adjacent to an activating group) is 1. The normalized spacial score (nSPS) is 18.0. The molecule has 0 unspecified atom stereocenters. The predicted octanol–water partition coefficient (Wildman–Crippen LogP) is 1.93. The van der Waals surface area contributed by atoms with Crippen molar-refractivity contribution < 1.29 is 4.79 Å². The van der Waals surface area contributed by atoms with Crippen LogP contribution in [0.5, 0.6) is 0 Å². The van der Waals surface area contributed by atoms with Gasteiger partial charge in [0.25, 0.3) is 0 Å². The second-order valence-electron chi connectivity index (χ2n) is 5.75. The summed E-state index contributed by atoms with van der Waals surface area (Å²) in [6, 6.07) is 5.86. The molecule has 6 nitrogen and oxygen atoms in total. The van der Waals surface area contributed by atoms with E-state index in [9.17, 15) is 4.79 Å². The molecule has 2 aromatic heterocycles. The Morgan fingerprint density at radius 2 is 2.35 bits per heavy atom. The van der Waals surface area contributed by atoms with Gasteiger partial charge in [-0.25, -0.2) is 9.97 Å². The summed E-state index contributed by atoms with van der Waals surface area (Å²) in [7, 11) is 1.79. The number of likely N-dealkylation sites (tertiary alicyclic amines) is 1. The maximum absolute atomic E-state index is 12.3. The summed E-state index contributed by atoms with van der Waals surface area (Å²) in [5.74, 6) is 1.55. The molecule has 3 rings (SSSR count). The lowest BCUT2D eigenvalue weighted by Gasteiger charge is -2.20. The van der Waals surface area contributed by atoms with Crippen molar-refractivity contribution in [2.45, 2.75) is 6.42 Å². The second-order valence-corrected chi connectivity index (χ2v) is 6.63. The van der Waals surface area contributed by atoms with E-state index in [1.54, 1.807) is 24.3 Å². The van der Waals surface area contributed by atoms with Gasteiger partial charge in [-0.1, -0.05) is 6.07 Å². The quantitative estimate of drug-likeness (QED) is 0.876. The molecule has 2 aromatic rings. The smallest absolute Gasteiger partial charge is 0.242 e. The molecule has 1 N–H and O–H groups in total. The molecule has 0 saturated carbocycles. The van der Waals surface area contributed by atoms with Crippen LogP contribution >= 0.6 is 11.3 Å². The van der Waals surface area contributed by atoms with Crippen LogP contribution in [0.4, 0.5) is 10.9 Å². The number of rotatable bonds is 6. The van der Waals surface area contributed by atoms with Crippen molar-refractivity contribution in [1.82, 2.24) is 14.9 Å². The fourth-order valence-electron chi connectivity index (χ4n) is 2.72. The third-order valence-corrected chi connectivity index (χ3v) is 4.89. The predicted molar refractivity (Wildman–Crippen MR) is 92.8 cm³/mol. The number of nitrogens with zero attached hydrogens (tertiary/aromatic N) is 4. The lowest BCUT2D eigenvalue weighted by atomic mass is 10.1. The summed E-state index contributed by atoms with van der Waals surface area (Å²) in [5.41, 5.74) is 0. The molecule has 1 fully saturated rings. The van der Waals surface area contributed by atoms with Crippen LogP contribution in [-0.4, -0.2) is 54.0 Å². The molecule has 0 aromatic carbocycles. The maximum Gasteiger partial charge on any atom is 0.242 e. The van der Waals surface area contributed by atoms with E-state index < -0.39 is 0 Å². The minimum atomic E-state index is 0.0956. The van der Waals surface area contributed by atoms with Gasteiger partial charge in [-0.3, -0.25) is 14.6 Å². The Kier molecular flexibility index (Phi) is 5.19. The Morgan fingerprint density at radius 3 is 3.09 bits per heavy atom. The highest BCUT2D eigenvalue weighted by Gasteiger charge is 2.25. The lowest BCUT2D eigenvalue weighted by Crippen LogP contribution is -2.37. The van der Waals surface area contributed by atoms with Crippen LogP contribution in [-0.2, 0) is 4.79 Å². The fourth-order valence-corrected chi connectivity index (χ4v) is 3.35. The summed E-state index contributed by atoms with van der Waals surface area (Å²) in [5, 5.41) is 6.00. The molecule has 0 bridgehead atoms. The summed E-state index contributed by atoms with van der Waals surface area (Å²) in [4.78, 5) is 24.6.